The Balaban J connectivity index is 2.24. The van der Waals surface area contributed by atoms with Crippen LogP contribution in [0, 0.1) is 5.92 Å². The number of benzene rings is 1. The van der Waals surface area contributed by atoms with Gasteiger partial charge in [0.1, 0.15) is 12.5 Å². The van der Waals surface area contributed by atoms with Crippen LogP contribution in [0.4, 0.5) is 4.79 Å². The third-order valence-corrected chi connectivity index (χ3v) is 3.71. The zero-order chi connectivity index (χ0) is 17.2. The summed E-state index contributed by atoms with van der Waals surface area (Å²) < 4.78 is 3.29. The monoisotopic (exact) mass is 396 g/mol. The number of carbonyl (C=O) groups is 2. The number of carbonyl (C=O) groups excluding carboxylic acids is 2. The van der Waals surface area contributed by atoms with Crippen LogP contribution in [-0.2, 0) is 9.53 Å². The highest BCUT2D eigenvalue weighted by molar-refractivity contribution is 6.67. The Morgan fingerprint density at radius 3 is 2.43 bits per heavy atom. The van der Waals surface area contributed by atoms with Gasteiger partial charge in [-0.05, 0) is 17.7 Å². The average Bonchev–Trinajstić information content (AvgIpc) is 2.44. The number of nitrogens with one attached hydrogen (secondary N) is 2. The predicted octanol–water partition coefficient (Wildman–Crippen LogP) is 3.74. The smallest absolute Gasteiger partial charge is 0.319 e. The first-order chi connectivity index (χ1) is 10.7. The van der Waals surface area contributed by atoms with E-state index in [0.717, 1.165) is 0 Å². The highest BCUT2D eigenvalue weighted by Gasteiger charge is 2.39. The number of ether oxygens (including phenoxy) is 1. The van der Waals surface area contributed by atoms with Gasteiger partial charge in [0.15, 0.2) is 0 Å². The lowest BCUT2D eigenvalue weighted by molar-refractivity contribution is -0.148. The van der Waals surface area contributed by atoms with Crippen LogP contribution < -0.4 is 10.6 Å². The molecule has 9 heteroatoms. The van der Waals surface area contributed by atoms with Crippen LogP contribution >= 0.6 is 46.4 Å². The van der Waals surface area contributed by atoms with E-state index in [1.165, 1.54) is 0 Å². The summed E-state index contributed by atoms with van der Waals surface area (Å²) in [6.07, 6.45) is 0. The van der Waals surface area contributed by atoms with E-state index in [4.69, 9.17) is 51.1 Å². The van der Waals surface area contributed by atoms with Crippen molar-refractivity contribution in [1.29, 1.82) is 0 Å². The standard InChI is InChI=1S/C14H12Cl4N2O3/c1-7-10(12(21)23-6-14(16,17)18)11(20-13(22)19-7)8-2-4-9(15)5-3-8/h2-5,10-11H,1,6H2,(H2,19,20,22). The number of hydrogen-bond acceptors (Lipinski definition) is 3. The fraction of sp³-hybridized carbons (Fsp3) is 0.286. The largest absolute Gasteiger partial charge is 0.461 e. The molecule has 0 bridgehead atoms. The van der Waals surface area contributed by atoms with Crippen LogP contribution in [-0.4, -0.2) is 22.4 Å². The van der Waals surface area contributed by atoms with Crippen LogP contribution in [0.2, 0.25) is 5.02 Å². The van der Waals surface area contributed by atoms with Crippen molar-refractivity contribution in [2.24, 2.45) is 5.92 Å². The summed E-state index contributed by atoms with van der Waals surface area (Å²) in [6.45, 7) is 3.29. The molecule has 1 fully saturated rings. The normalized spacial score (nSPS) is 21.4. The van der Waals surface area contributed by atoms with Gasteiger partial charge < -0.3 is 15.4 Å². The van der Waals surface area contributed by atoms with Crippen molar-refractivity contribution >= 4 is 58.4 Å². The first kappa shape index (κ1) is 18.2. The first-order valence-corrected chi connectivity index (χ1v) is 7.94. The maximum Gasteiger partial charge on any atom is 0.319 e. The lowest BCUT2D eigenvalue weighted by Crippen LogP contribution is -2.51. The molecule has 0 aromatic heterocycles. The number of alkyl halides is 3. The molecule has 2 atom stereocenters. The maximum atomic E-state index is 12.3. The molecule has 1 aliphatic heterocycles. The van der Waals surface area contributed by atoms with E-state index >= 15 is 0 Å². The molecule has 1 saturated heterocycles. The van der Waals surface area contributed by atoms with Crippen molar-refractivity contribution < 1.29 is 14.3 Å². The Hall–Kier alpha value is -1.14. The zero-order valence-corrected chi connectivity index (χ0v) is 14.6. The van der Waals surface area contributed by atoms with Crippen molar-refractivity contribution in [3.63, 3.8) is 0 Å². The van der Waals surface area contributed by atoms with Crippen LogP contribution in [0.3, 0.4) is 0 Å². The quantitative estimate of drug-likeness (QED) is 0.603. The summed E-state index contributed by atoms with van der Waals surface area (Å²) in [5, 5.41) is 5.64. The molecule has 2 N–H and O–H groups in total. The van der Waals surface area contributed by atoms with Gasteiger partial charge in [0.2, 0.25) is 3.79 Å². The zero-order valence-electron chi connectivity index (χ0n) is 11.6. The van der Waals surface area contributed by atoms with Gasteiger partial charge in [0.25, 0.3) is 0 Å². The second-order valence-electron chi connectivity index (χ2n) is 4.85. The Morgan fingerprint density at radius 1 is 1.26 bits per heavy atom. The highest BCUT2D eigenvalue weighted by atomic mass is 35.6. The summed E-state index contributed by atoms with van der Waals surface area (Å²) in [5.41, 5.74) is 0.865. The Bertz CT molecular complexity index is 628. The Morgan fingerprint density at radius 2 is 1.87 bits per heavy atom. The fourth-order valence-corrected chi connectivity index (χ4v) is 2.44. The lowest BCUT2D eigenvalue weighted by Gasteiger charge is -2.33. The molecule has 1 aromatic carbocycles. The molecule has 23 heavy (non-hydrogen) atoms. The molecule has 2 unspecified atom stereocenters. The summed E-state index contributed by atoms with van der Waals surface area (Å²) in [4.78, 5) is 24.0. The number of amides is 2. The molecule has 124 valence electrons. The molecule has 1 heterocycles. The SMILES string of the molecule is C=C1NC(=O)NC(c2ccc(Cl)cc2)C1C(=O)OCC(Cl)(Cl)Cl. The summed E-state index contributed by atoms with van der Waals surface area (Å²) >= 11 is 22.6. The van der Waals surface area contributed by atoms with Gasteiger partial charge in [-0.15, -0.1) is 0 Å². The van der Waals surface area contributed by atoms with E-state index in [2.05, 4.69) is 17.2 Å². The molecule has 2 amide bonds. The van der Waals surface area contributed by atoms with E-state index in [9.17, 15) is 9.59 Å². The van der Waals surface area contributed by atoms with Gasteiger partial charge in [-0.25, -0.2) is 4.79 Å². The van der Waals surface area contributed by atoms with E-state index < -0.39 is 34.4 Å². The van der Waals surface area contributed by atoms with Crippen LogP contribution in [0.15, 0.2) is 36.5 Å². The average molecular weight is 398 g/mol. The van der Waals surface area contributed by atoms with Gasteiger partial charge >= 0.3 is 12.0 Å². The molecular formula is C14H12Cl4N2O3. The van der Waals surface area contributed by atoms with E-state index in [1.54, 1.807) is 24.3 Å². The minimum absolute atomic E-state index is 0.197. The summed E-state index contributed by atoms with van der Waals surface area (Å²) in [7, 11) is 0. The van der Waals surface area contributed by atoms with Crippen molar-refractivity contribution in [2.75, 3.05) is 6.61 Å². The topological polar surface area (TPSA) is 67.4 Å². The van der Waals surface area contributed by atoms with Crippen molar-refractivity contribution in [2.45, 2.75) is 9.83 Å². The Kier molecular flexibility index (Phi) is 5.68. The molecule has 0 spiro atoms. The second-order valence-corrected chi connectivity index (χ2v) is 7.81. The van der Waals surface area contributed by atoms with Crippen LogP contribution in [0.5, 0.6) is 0 Å². The van der Waals surface area contributed by atoms with Gasteiger partial charge in [0.05, 0.1) is 6.04 Å². The van der Waals surface area contributed by atoms with Gasteiger partial charge in [-0.1, -0.05) is 65.1 Å². The van der Waals surface area contributed by atoms with Crippen molar-refractivity contribution in [1.82, 2.24) is 10.6 Å². The molecule has 0 saturated carbocycles. The minimum Gasteiger partial charge on any atom is -0.461 e. The molecule has 2 rings (SSSR count). The fourth-order valence-electron chi connectivity index (χ4n) is 2.15. The van der Waals surface area contributed by atoms with E-state index in [0.29, 0.717) is 10.6 Å². The van der Waals surface area contributed by atoms with Crippen LogP contribution in [0.1, 0.15) is 11.6 Å². The van der Waals surface area contributed by atoms with Gasteiger partial charge in [0, 0.05) is 10.7 Å². The molecule has 1 aliphatic rings. The summed E-state index contributed by atoms with van der Waals surface area (Å²) in [5.74, 6) is -1.55. The third-order valence-electron chi connectivity index (χ3n) is 3.13. The van der Waals surface area contributed by atoms with Crippen LogP contribution in [0.25, 0.3) is 0 Å². The number of halogens is 4. The highest BCUT2D eigenvalue weighted by Crippen LogP contribution is 2.32. The number of hydrogen-bond donors (Lipinski definition) is 2. The minimum atomic E-state index is -1.72. The molecule has 0 radical (unpaired) electrons. The van der Waals surface area contributed by atoms with E-state index in [-0.39, 0.29) is 5.70 Å². The summed E-state index contributed by atoms with van der Waals surface area (Å²) in [6, 6.07) is 5.55. The molecule has 0 aliphatic carbocycles. The Labute approximate surface area is 152 Å². The first-order valence-electron chi connectivity index (χ1n) is 6.42. The predicted molar refractivity (Wildman–Crippen MR) is 89.7 cm³/mol. The number of rotatable bonds is 3. The van der Waals surface area contributed by atoms with Gasteiger partial charge in [-0.3, -0.25) is 4.79 Å². The van der Waals surface area contributed by atoms with Crippen molar-refractivity contribution in [3.8, 4) is 0 Å². The molecular weight excluding hydrogens is 386 g/mol. The van der Waals surface area contributed by atoms with Gasteiger partial charge in [-0.2, -0.15) is 0 Å². The lowest BCUT2D eigenvalue weighted by atomic mass is 9.89. The number of esters is 1. The molecule has 5 nitrogen and oxygen atoms in total. The van der Waals surface area contributed by atoms with Crippen molar-refractivity contribution in [3.05, 3.63) is 47.1 Å². The maximum absolute atomic E-state index is 12.3. The second kappa shape index (κ2) is 7.18. The van der Waals surface area contributed by atoms with E-state index in [1.807, 2.05) is 0 Å². The molecule has 1 aromatic rings. The number of urea groups is 1. The third kappa shape index (κ3) is 4.91.